The van der Waals surface area contributed by atoms with Crippen LogP contribution in [0.15, 0.2) is 27.6 Å². The van der Waals surface area contributed by atoms with E-state index in [0.717, 1.165) is 10.0 Å². The van der Waals surface area contributed by atoms with Crippen molar-refractivity contribution in [2.75, 3.05) is 7.11 Å². The molecule has 90 valence electrons. The highest BCUT2D eigenvalue weighted by Crippen LogP contribution is 2.70. The van der Waals surface area contributed by atoms with E-state index in [2.05, 4.69) is 15.9 Å². The molecule has 2 rings (SSSR count). The molecule has 1 aliphatic rings. The van der Waals surface area contributed by atoms with Crippen molar-refractivity contribution in [3.8, 4) is 0 Å². The summed E-state index contributed by atoms with van der Waals surface area (Å²) in [6.07, 6.45) is -0.277. The van der Waals surface area contributed by atoms with Gasteiger partial charge in [-0.15, -0.1) is 0 Å². The van der Waals surface area contributed by atoms with E-state index in [9.17, 15) is 9.11 Å². The number of benzene rings is 1. The van der Waals surface area contributed by atoms with Gasteiger partial charge >= 0.3 is 0 Å². The maximum Gasteiger partial charge on any atom is 0.107 e. The Bertz CT molecular complexity index is 431. The lowest BCUT2D eigenvalue weighted by Gasteiger charge is -2.43. The molecule has 16 heavy (non-hydrogen) atoms. The van der Waals surface area contributed by atoms with Crippen LogP contribution in [0.4, 0.5) is 0 Å². The van der Waals surface area contributed by atoms with Crippen molar-refractivity contribution in [1.29, 1.82) is 0 Å². The summed E-state index contributed by atoms with van der Waals surface area (Å²) in [6.45, 7) is 3.65. The third-order valence-electron chi connectivity index (χ3n) is 3.17. The van der Waals surface area contributed by atoms with Gasteiger partial charge in [-0.05, 0) is 26.0 Å². The molecule has 1 aromatic rings. The van der Waals surface area contributed by atoms with E-state index in [1.165, 1.54) is 0 Å². The molecule has 0 radical (unpaired) electrons. The summed E-state index contributed by atoms with van der Waals surface area (Å²) in [4.78, 5) is 0.596. The smallest absolute Gasteiger partial charge is 0.107 e. The fourth-order valence-electron chi connectivity index (χ4n) is 2.19. The van der Waals surface area contributed by atoms with Crippen LogP contribution < -0.4 is 0 Å². The quantitative estimate of drug-likeness (QED) is 0.823. The lowest BCUT2D eigenvalue weighted by molar-refractivity contribution is 0.0761. The molecule has 2 N–H and O–H groups in total. The number of hydrogen-bond donors (Lipinski definition) is 2. The first-order valence-electron chi connectivity index (χ1n) is 4.92. The van der Waals surface area contributed by atoms with Crippen LogP contribution in [-0.2, 0) is 4.74 Å². The summed E-state index contributed by atoms with van der Waals surface area (Å²) in [6, 6.07) is 5.55. The van der Waals surface area contributed by atoms with Gasteiger partial charge < -0.3 is 4.74 Å². The van der Waals surface area contributed by atoms with Crippen molar-refractivity contribution in [3.05, 3.63) is 28.2 Å². The lowest BCUT2D eigenvalue weighted by Crippen LogP contribution is -2.30. The first-order valence-corrected chi connectivity index (χ1v) is 7.26. The van der Waals surface area contributed by atoms with Gasteiger partial charge in [0.15, 0.2) is 0 Å². The van der Waals surface area contributed by atoms with E-state index in [4.69, 9.17) is 4.74 Å². The molecule has 1 atom stereocenters. The average Bonchev–Trinajstić information content (AvgIpc) is 2.33. The molecule has 1 aromatic carbocycles. The first-order chi connectivity index (χ1) is 7.32. The van der Waals surface area contributed by atoms with E-state index in [-0.39, 0.29) is 6.10 Å². The van der Waals surface area contributed by atoms with E-state index in [0.29, 0.717) is 4.90 Å². The number of fused-ring (bicyclic) bond motifs is 1. The van der Waals surface area contributed by atoms with Gasteiger partial charge in [-0.2, -0.15) is 10.6 Å². The van der Waals surface area contributed by atoms with E-state index >= 15 is 0 Å². The number of rotatable bonds is 1. The van der Waals surface area contributed by atoms with Crippen LogP contribution in [0.3, 0.4) is 0 Å². The molecule has 0 saturated carbocycles. The maximum absolute atomic E-state index is 10.3. The van der Waals surface area contributed by atoms with Gasteiger partial charge in [0.2, 0.25) is 0 Å². The molecule has 0 spiro atoms. The molecule has 1 unspecified atom stereocenters. The van der Waals surface area contributed by atoms with Crippen LogP contribution in [0, 0.1) is 0 Å². The zero-order valence-electron chi connectivity index (χ0n) is 9.40. The molecule has 0 aromatic heterocycles. The fraction of sp³-hybridized carbons (Fsp3) is 0.455. The van der Waals surface area contributed by atoms with Crippen molar-refractivity contribution in [3.63, 3.8) is 0 Å². The van der Waals surface area contributed by atoms with Crippen molar-refractivity contribution < 1.29 is 13.8 Å². The largest absolute Gasteiger partial charge is 0.374 e. The van der Waals surface area contributed by atoms with E-state index in [1.54, 1.807) is 13.2 Å². The van der Waals surface area contributed by atoms with Gasteiger partial charge in [-0.1, -0.05) is 22.0 Å². The van der Waals surface area contributed by atoms with Crippen LogP contribution in [-0.4, -0.2) is 21.0 Å². The first kappa shape index (κ1) is 12.4. The minimum atomic E-state index is -2.82. The molecule has 0 bridgehead atoms. The predicted octanol–water partition coefficient (Wildman–Crippen LogP) is 4.04. The Balaban J connectivity index is 2.67. The molecule has 5 heteroatoms. The number of hydrogen-bond acceptors (Lipinski definition) is 3. The van der Waals surface area contributed by atoms with Crippen molar-refractivity contribution >= 4 is 26.5 Å². The highest BCUT2D eigenvalue weighted by Gasteiger charge is 2.51. The van der Waals surface area contributed by atoms with Crippen LogP contribution in [0.2, 0.25) is 0 Å². The molecule has 1 aliphatic heterocycles. The molecule has 0 amide bonds. The highest BCUT2D eigenvalue weighted by atomic mass is 79.9. The number of ether oxygens (including phenoxy) is 1. The molecular formula is C11H15BrO3S. The normalized spacial score (nSPS) is 27.5. The van der Waals surface area contributed by atoms with Gasteiger partial charge in [0.05, 0.1) is 9.64 Å². The molecule has 0 saturated heterocycles. The Morgan fingerprint density at radius 1 is 1.38 bits per heavy atom. The Kier molecular flexibility index (Phi) is 2.88. The van der Waals surface area contributed by atoms with Gasteiger partial charge in [0, 0.05) is 17.1 Å². The zero-order chi connectivity index (χ0) is 12.1. The fourth-order valence-corrected chi connectivity index (χ4v) is 4.59. The summed E-state index contributed by atoms with van der Waals surface area (Å²) in [5, 5.41) is 0. The summed E-state index contributed by atoms with van der Waals surface area (Å²) in [7, 11) is -1.23. The topological polar surface area (TPSA) is 49.7 Å². The highest BCUT2D eigenvalue weighted by molar-refractivity contribution is 9.10. The minimum Gasteiger partial charge on any atom is -0.374 e. The van der Waals surface area contributed by atoms with Crippen molar-refractivity contribution in [2.24, 2.45) is 0 Å². The summed E-state index contributed by atoms with van der Waals surface area (Å²) in [5.41, 5.74) is 0.871. The Labute approximate surface area is 105 Å². The van der Waals surface area contributed by atoms with Crippen LogP contribution in [0.1, 0.15) is 25.5 Å². The van der Waals surface area contributed by atoms with Crippen LogP contribution in [0.5, 0.6) is 0 Å². The molecule has 0 aliphatic carbocycles. The van der Waals surface area contributed by atoms with Gasteiger partial charge in [-0.25, -0.2) is 0 Å². The molecular weight excluding hydrogens is 292 g/mol. The minimum absolute atomic E-state index is 0.277. The Hall–Kier alpha value is -0.0700. The summed E-state index contributed by atoms with van der Waals surface area (Å²) in [5.74, 6) is 0. The monoisotopic (exact) mass is 306 g/mol. The molecule has 0 fully saturated rings. The molecule has 3 nitrogen and oxygen atoms in total. The molecule has 1 heterocycles. The van der Waals surface area contributed by atoms with Crippen LogP contribution in [0.25, 0.3) is 0 Å². The third-order valence-corrected chi connectivity index (χ3v) is 6.31. The van der Waals surface area contributed by atoms with E-state index < -0.39 is 15.3 Å². The second-order valence-corrected chi connectivity index (χ2v) is 7.96. The SMILES string of the molecule is COC1c2ccc(Br)cc2S(O)(O)C1(C)C. The van der Waals surface area contributed by atoms with Crippen LogP contribution >= 0.6 is 26.5 Å². The van der Waals surface area contributed by atoms with Gasteiger partial charge in [0.1, 0.15) is 6.10 Å². The summed E-state index contributed by atoms with van der Waals surface area (Å²) < 4.78 is 26.2. The zero-order valence-corrected chi connectivity index (χ0v) is 11.8. The maximum atomic E-state index is 10.3. The van der Waals surface area contributed by atoms with Crippen molar-refractivity contribution in [2.45, 2.75) is 29.6 Å². The number of halogens is 1. The standard InChI is InChI=1S/C11H15BrO3S/c1-11(2)10(15-3)8-5-4-7(12)6-9(8)16(11,13)14/h4-6,10,13-14H,1-3H3. The second-order valence-electron chi connectivity index (χ2n) is 4.45. The second kappa shape index (κ2) is 3.71. The Morgan fingerprint density at radius 3 is 2.56 bits per heavy atom. The van der Waals surface area contributed by atoms with Gasteiger partial charge in [0.25, 0.3) is 0 Å². The van der Waals surface area contributed by atoms with Crippen molar-refractivity contribution in [1.82, 2.24) is 0 Å². The van der Waals surface area contributed by atoms with E-state index in [1.807, 2.05) is 26.0 Å². The number of methoxy groups -OCH3 is 1. The third kappa shape index (κ3) is 1.46. The Morgan fingerprint density at radius 2 is 2.00 bits per heavy atom. The summed E-state index contributed by atoms with van der Waals surface area (Å²) >= 11 is 3.35. The lowest BCUT2D eigenvalue weighted by atomic mass is 9.99. The van der Waals surface area contributed by atoms with Gasteiger partial charge in [-0.3, -0.25) is 9.11 Å². The predicted molar refractivity (Wildman–Crippen MR) is 69.1 cm³/mol. The average molecular weight is 307 g/mol.